The molecule has 20 heavy (non-hydrogen) atoms. The number of amides is 1. The second kappa shape index (κ2) is 7.37. The third kappa shape index (κ3) is 6.65. The van der Waals surface area contributed by atoms with Crippen LogP contribution < -0.4 is 15.8 Å². The quantitative estimate of drug-likeness (QED) is 0.693. The van der Waals surface area contributed by atoms with Gasteiger partial charge in [-0.25, -0.2) is 13.6 Å². The highest BCUT2D eigenvalue weighted by Crippen LogP contribution is 2.11. The molecule has 0 aliphatic rings. The lowest BCUT2D eigenvalue weighted by Crippen LogP contribution is -2.33. The molecule has 1 amide bonds. The molecule has 1 atom stereocenters. The number of carbonyl (C=O) groups is 1. The predicted molar refractivity (Wildman–Crippen MR) is 79.6 cm³/mol. The Hall–Kier alpha value is -1.44. The molecule has 1 aromatic rings. The third-order valence-electron chi connectivity index (χ3n) is 2.83. The van der Waals surface area contributed by atoms with E-state index >= 15 is 0 Å². The number of hydrogen-bond acceptors (Lipinski definition) is 4. The van der Waals surface area contributed by atoms with Crippen molar-refractivity contribution in [2.45, 2.75) is 32.1 Å². The van der Waals surface area contributed by atoms with Crippen molar-refractivity contribution in [2.24, 2.45) is 5.14 Å². The number of primary sulfonamides is 1. The molecule has 0 bridgehead atoms. The van der Waals surface area contributed by atoms with Crippen LogP contribution in [0, 0.1) is 0 Å². The van der Waals surface area contributed by atoms with Gasteiger partial charge in [-0.05, 0) is 31.0 Å². The number of nitrogens with two attached hydrogens (primary N) is 1. The van der Waals surface area contributed by atoms with Crippen molar-refractivity contribution >= 4 is 21.6 Å². The van der Waals surface area contributed by atoms with E-state index in [2.05, 4.69) is 10.6 Å². The van der Waals surface area contributed by atoms with Crippen LogP contribution in [0.5, 0.6) is 0 Å². The molecule has 0 aliphatic carbocycles. The molecule has 0 heterocycles. The van der Waals surface area contributed by atoms with Gasteiger partial charge in [0, 0.05) is 11.7 Å². The molecule has 0 fully saturated rings. The van der Waals surface area contributed by atoms with Crippen LogP contribution in [0.2, 0.25) is 0 Å². The number of rotatable bonds is 7. The number of sulfonamides is 1. The van der Waals surface area contributed by atoms with Crippen LogP contribution >= 0.6 is 0 Å². The van der Waals surface area contributed by atoms with Crippen molar-refractivity contribution in [3.8, 4) is 0 Å². The van der Waals surface area contributed by atoms with Crippen LogP contribution in [0.25, 0.3) is 0 Å². The highest BCUT2D eigenvalue weighted by molar-refractivity contribution is 7.88. The van der Waals surface area contributed by atoms with Crippen molar-refractivity contribution in [2.75, 3.05) is 11.9 Å². The van der Waals surface area contributed by atoms with E-state index in [1.807, 2.05) is 13.8 Å². The molecular weight excluding hydrogens is 278 g/mol. The number of carbonyl (C=O) groups excluding carboxylic acids is 1. The third-order valence-corrected chi connectivity index (χ3v) is 3.56. The summed E-state index contributed by atoms with van der Waals surface area (Å²) < 4.78 is 21.9. The lowest BCUT2D eigenvalue weighted by molar-refractivity contribution is -0.115. The second-order valence-electron chi connectivity index (χ2n) is 4.74. The maximum atomic E-state index is 11.7. The number of benzene rings is 1. The fourth-order valence-corrected chi connectivity index (χ4v) is 2.19. The second-order valence-corrected chi connectivity index (χ2v) is 6.36. The van der Waals surface area contributed by atoms with Gasteiger partial charge in [-0.15, -0.1) is 0 Å². The summed E-state index contributed by atoms with van der Waals surface area (Å²) in [6, 6.07) is 6.85. The Kier molecular flexibility index (Phi) is 6.12. The van der Waals surface area contributed by atoms with E-state index in [9.17, 15) is 13.2 Å². The molecule has 0 aliphatic heterocycles. The molecule has 4 N–H and O–H groups in total. The maximum Gasteiger partial charge on any atom is 0.238 e. The van der Waals surface area contributed by atoms with Gasteiger partial charge in [-0.1, -0.05) is 19.1 Å². The molecule has 1 unspecified atom stereocenters. The van der Waals surface area contributed by atoms with Gasteiger partial charge in [0.1, 0.15) is 0 Å². The molecule has 7 heteroatoms. The summed E-state index contributed by atoms with van der Waals surface area (Å²) in [5.74, 6) is -0.346. The van der Waals surface area contributed by atoms with E-state index in [1.165, 1.54) is 0 Å². The molecule has 0 spiro atoms. The van der Waals surface area contributed by atoms with Gasteiger partial charge in [0.2, 0.25) is 15.9 Å². The van der Waals surface area contributed by atoms with Crippen LogP contribution in [0.15, 0.2) is 24.3 Å². The normalized spacial score (nSPS) is 12.9. The van der Waals surface area contributed by atoms with E-state index in [-0.39, 0.29) is 24.2 Å². The van der Waals surface area contributed by atoms with Gasteiger partial charge < -0.3 is 10.6 Å². The fraction of sp³-hybridized carbons (Fsp3) is 0.462. The molecule has 1 aromatic carbocycles. The van der Waals surface area contributed by atoms with Crippen molar-refractivity contribution in [3.63, 3.8) is 0 Å². The lowest BCUT2D eigenvalue weighted by Gasteiger charge is -2.11. The van der Waals surface area contributed by atoms with E-state index in [0.29, 0.717) is 11.3 Å². The first-order valence-electron chi connectivity index (χ1n) is 6.43. The average molecular weight is 299 g/mol. The molecule has 1 rings (SSSR count). The first-order valence-corrected chi connectivity index (χ1v) is 8.14. The van der Waals surface area contributed by atoms with Crippen LogP contribution in [0.4, 0.5) is 5.69 Å². The van der Waals surface area contributed by atoms with Gasteiger partial charge in [0.25, 0.3) is 0 Å². The van der Waals surface area contributed by atoms with E-state index in [0.717, 1.165) is 6.42 Å². The zero-order valence-electron chi connectivity index (χ0n) is 11.7. The molecular formula is C13H21N3O3S. The number of nitrogens with one attached hydrogen (secondary N) is 2. The summed E-state index contributed by atoms with van der Waals surface area (Å²) in [6.45, 7) is 4.29. The summed E-state index contributed by atoms with van der Waals surface area (Å²) in [6.07, 6.45) is 0.954. The van der Waals surface area contributed by atoms with Crippen molar-refractivity contribution < 1.29 is 13.2 Å². The Labute approximate surface area is 119 Å². The Morgan fingerprint density at radius 1 is 1.30 bits per heavy atom. The highest BCUT2D eigenvalue weighted by atomic mass is 32.2. The van der Waals surface area contributed by atoms with Crippen LogP contribution in [-0.4, -0.2) is 26.9 Å². The molecule has 0 aromatic heterocycles. The van der Waals surface area contributed by atoms with Gasteiger partial charge in [0.15, 0.2) is 0 Å². The van der Waals surface area contributed by atoms with E-state index < -0.39 is 10.0 Å². The van der Waals surface area contributed by atoms with Crippen LogP contribution in [0.1, 0.15) is 25.8 Å². The largest absolute Gasteiger partial charge is 0.325 e. The summed E-state index contributed by atoms with van der Waals surface area (Å²) in [4.78, 5) is 11.7. The molecule has 0 radical (unpaired) electrons. The Morgan fingerprint density at radius 3 is 2.40 bits per heavy atom. The van der Waals surface area contributed by atoms with Gasteiger partial charge in [-0.3, -0.25) is 4.79 Å². The van der Waals surface area contributed by atoms with Crippen molar-refractivity contribution in [1.29, 1.82) is 0 Å². The Morgan fingerprint density at radius 2 is 1.90 bits per heavy atom. The zero-order valence-corrected chi connectivity index (χ0v) is 12.5. The van der Waals surface area contributed by atoms with E-state index in [4.69, 9.17) is 5.14 Å². The Bertz CT molecular complexity index is 540. The molecule has 0 saturated carbocycles. The zero-order chi connectivity index (χ0) is 15.2. The van der Waals surface area contributed by atoms with E-state index in [1.54, 1.807) is 24.3 Å². The smallest absolute Gasteiger partial charge is 0.238 e. The number of anilines is 1. The van der Waals surface area contributed by atoms with Crippen molar-refractivity contribution in [1.82, 2.24) is 5.32 Å². The first kappa shape index (κ1) is 16.6. The first-order chi connectivity index (χ1) is 9.30. The SMILES string of the molecule is CCC(C)NCC(=O)Nc1ccc(CS(N)(=O)=O)cc1. The predicted octanol–water partition coefficient (Wildman–Crippen LogP) is 0.802. The molecule has 112 valence electrons. The van der Waals surface area contributed by atoms with Crippen LogP contribution in [0.3, 0.4) is 0 Å². The molecule has 6 nitrogen and oxygen atoms in total. The maximum absolute atomic E-state index is 11.7. The van der Waals surface area contributed by atoms with Gasteiger partial charge in [-0.2, -0.15) is 0 Å². The standard InChI is InChI=1S/C13H21N3O3S/c1-3-10(2)15-8-13(17)16-12-6-4-11(5-7-12)9-20(14,18)19/h4-7,10,15H,3,8-9H2,1-2H3,(H,16,17)(H2,14,18,19). The summed E-state index contributed by atoms with van der Waals surface area (Å²) in [5, 5.41) is 10.8. The average Bonchev–Trinajstić information content (AvgIpc) is 2.36. The van der Waals surface area contributed by atoms with Crippen molar-refractivity contribution in [3.05, 3.63) is 29.8 Å². The fourth-order valence-electron chi connectivity index (χ4n) is 1.53. The molecule has 0 saturated heterocycles. The summed E-state index contributed by atoms with van der Waals surface area (Å²) in [5.41, 5.74) is 1.21. The van der Waals surface area contributed by atoms with Gasteiger partial charge >= 0.3 is 0 Å². The Balaban J connectivity index is 2.51. The minimum absolute atomic E-state index is 0.135. The highest BCUT2D eigenvalue weighted by Gasteiger charge is 2.07. The summed E-state index contributed by atoms with van der Waals surface area (Å²) >= 11 is 0. The number of hydrogen-bond donors (Lipinski definition) is 3. The summed E-state index contributed by atoms with van der Waals surface area (Å²) in [7, 11) is -3.53. The minimum Gasteiger partial charge on any atom is -0.325 e. The minimum atomic E-state index is -3.53. The topological polar surface area (TPSA) is 101 Å². The van der Waals surface area contributed by atoms with Crippen LogP contribution in [-0.2, 0) is 20.6 Å². The van der Waals surface area contributed by atoms with Gasteiger partial charge in [0.05, 0.1) is 12.3 Å². The lowest BCUT2D eigenvalue weighted by atomic mass is 10.2. The monoisotopic (exact) mass is 299 g/mol.